The van der Waals surface area contributed by atoms with Gasteiger partial charge in [0.2, 0.25) is 0 Å². The molecule has 0 fully saturated rings. The maximum atomic E-state index is 8.86. The third-order valence-electron chi connectivity index (χ3n) is 1.04. The van der Waals surface area contributed by atoms with Crippen LogP contribution in [0.4, 0.5) is 0 Å². The molecule has 0 aromatic carbocycles. The van der Waals surface area contributed by atoms with Crippen molar-refractivity contribution in [3.8, 4) is 0 Å². The molecular weight excluding hydrogens is 204 g/mol. The summed E-state index contributed by atoms with van der Waals surface area (Å²) in [5.41, 5.74) is 0. The van der Waals surface area contributed by atoms with Crippen LogP contribution < -0.4 is 0 Å². The molecule has 60 valence electrons. The van der Waals surface area contributed by atoms with E-state index in [1.165, 1.54) is 0 Å². The van der Waals surface area contributed by atoms with Gasteiger partial charge in [-0.15, -0.1) is 0 Å². The molecule has 0 radical (unpaired) electrons. The van der Waals surface area contributed by atoms with Crippen molar-refractivity contribution in [3.63, 3.8) is 0 Å². The first kappa shape index (κ1) is 13.5. The van der Waals surface area contributed by atoms with Crippen molar-refractivity contribution in [2.45, 2.75) is 19.8 Å². The molecule has 5 heteroatoms. The Hall–Kier alpha value is 0.933. The summed E-state index contributed by atoms with van der Waals surface area (Å²) in [7, 11) is -4.13. The van der Waals surface area contributed by atoms with Gasteiger partial charge in [0.15, 0.2) is 0 Å². The second-order valence-electron chi connectivity index (χ2n) is 2.69. The van der Waals surface area contributed by atoms with Gasteiger partial charge in [0, 0.05) is 19.5 Å². The summed E-state index contributed by atoms with van der Waals surface area (Å²) in [6.45, 7) is 3.05. The van der Waals surface area contributed by atoms with Crippen LogP contribution >= 0.6 is 7.28 Å². The van der Waals surface area contributed by atoms with Gasteiger partial charge in [-0.3, -0.25) is 0 Å². The Balaban J connectivity index is 0. The van der Waals surface area contributed by atoms with Crippen molar-refractivity contribution in [3.05, 3.63) is 0 Å². The van der Waals surface area contributed by atoms with E-state index >= 15 is 0 Å². The van der Waals surface area contributed by atoms with Crippen LogP contribution in [0.1, 0.15) is 19.8 Å². The molecule has 0 saturated carbocycles. The third-order valence-corrected chi connectivity index (χ3v) is 2.40. The van der Waals surface area contributed by atoms with Gasteiger partial charge in [-0.25, -0.2) is 0 Å². The topological polar surface area (TPSA) is 60.7 Å². The van der Waals surface area contributed by atoms with Crippen LogP contribution in [0.2, 0.25) is 0 Å². The van der Waals surface area contributed by atoms with E-state index in [0.29, 0.717) is 6.42 Å². The largest absolute Gasteiger partial charge is 0 e. The molecule has 0 atom stereocenters. The molecule has 0 aliphatic carbocycles. The Morgan fingerprint density at radius 3 is 1.70 bits per heavy atom. The average molecular weight is 220 g/mol. The first-order valence-corrected chi connectivity index (χ1v) is 5.80. The van der Waals surface area contributed by atoms with E-state index in [1.807, 2.05) is 6.92 Å². The van der Waals surface area contributed by atoms with E-state index in [-0.39, 0.29) is 25.6 Å². The van der Waals surface area contributed by atoms with Crippen LogP contribution in [0.5, 0.6) is 0 Å². The van der Waals surface area contributed by atoms with Crippen molar-refractivity contribution in [2.24, 2.45) is 0 Å². The third kappa shape index (κ3) is 11.7. The van der Waals surface area contributed by atoms with Gasteiger partial charge in [-0.1, -0.05) is 0 Å². The summed E-state index contributed by atoms with van der Waals surface area (Å²) in [6.07, 6.45) is 1.66. The van der Waals surface area contributed by atoms with E-state index in [9.17, 15) is 0 Å². The summed E-state index contributed by atoms with van der Waals surface area (Å²) in [5.74, 6) is 0. The molecule has 3 N–H and O–H groups in total. The molecule has 0 aromatic rings. The number of rotatable bonds is 3. The van der Waals surface area contributed by atoms with Crippen LogP contribution in [0.3, 0.4) is 0 Å². The summed E-state index contributed by atoms with van der Waals surface area (Å²) in [6, 6.07) is 0. The first-order valence-electron chi connectivity index (χ1n) is 3.07. The Morgan fingerprint density at radius 2 is 1.60 bits per heavy atom. The smallest absolute Gasteiger partial charge is 0 e. The molecule has 3 nitrogen and oxygen atoms in total. The predicted octanol–water partition coefficient (Wildman–Crippen LogP) is 0.689. The minimum Gasteiger partial charge on any atom is 0 e. The van der Waals surface area contributed by atoms with Crippen molar-refractivity contribution >= 4 is 7.28 Å². The molecule has 0 unspecified atom stereocenters. The van der Waals surface area contributed by atoms with Gasteiger partial charge in [-0.05, 0) is 0 Å². The van der Waals surface area contributed by atoms with Crippen LogP contribution in [0, 0.1) is 0 Å². The minimum atomic E-state index is -4.13. The molecule has 0 heterocycles. The van der Waals surface area contributed by atoms with Crippen LogP contribution in [0.15, 0.2) is 0 Å². The molecular formula is C5H15O3PZn. The van der Waals surface area contributed by atoms with Gasteiger partial charge in [0.1, 0.15) is 0 Å². The van der Waals surface area contributed by atoms with Crippen LogP contribution in [-0.4, -0.2) is 27.5 Å². The standard InChI is InChI=1S/C5H15O3P.Zn/c1-3-4-5-9(2,6,7)8;/h6-8H,3-5H2,1-2H3;. The zero-order valence-corrected chi connectivity index (χ0v) is 10.5. The van der Waals surface area contributed by atoms with Crippen molar-refractivity contribution in [1.82, 2.24) is 0 Å². The summed E-state index contributed by atoms with van der Waals surface area (Å²) in [5, 5.41) is 0. The Bertz CT molecular complexity index is 89.6. The maximum Gasteiger partial charge on any atom is 0 e. The zero-order chi connectivity index (χ0) is 7.57. The van der Waals surface area contributed by atoms with Gasteiger partial charge in [-0.2, -0.15) is 0 Å². The molecule has 0 aromatic heterocycles. The quantitative estimate of drug-likeness (QED) is 0.483. The molecule has 0 spiro atoms. The molecule has 0 aliphatic heterocycles. The van der Waals surface area contributed by atoms with E-state index in [0.717, 1.165) is 13.1 Å². The Kier molecular flexibility index (Phi) is 5.52. The van der Waals surface area contributed by atoms with E-state index in [4.69, 9.17) is 14.7 Å². The number of hydrogen-bond acceptors (Lipinski definition) is 3. The fraction of sp³-hybridized carbons (Fsp3) is 1.00. The van der Waals surface area contributed by atoms with Crippen molar-refractivity contribution in [1.29, 1.82) is 0 Å². The monoisotopic (exact) mass is 218 g/mol. The second kappa shape index (κ2) is 4.08. The summed E-state index contributed by atoms with van der Waals surface area (Å²) >= 11 is 0. The van der Waals surface area contributed by atoms with Gasteiger partial charge >= 0.3 is 54.6 Å². The number of unbranched alkanes of at least 4 members (excludes halogenated alkanes) is 1. The zero-order valence-electron chi connectivity index (χ0n) is 6.62. The second-order valence-corrected chi connectivity index (χ2v) is 6.35. The van der Waals surface area contributed by atoms with E-state index in [1.54, 1.807) is 0 Å². The van der Waals surface area contributed by atoms with Crippen molar-refractivity contribution in [2.75, 3.05) is 12.8 Å². The van der Waals surface area contributed by atoms with Gasteiger partial charge in [0.05, 0.1) is 0 Å². The number of hydrogen-bond donors (Lipinski definition) is 3. The van der Waals surface area contributed by atoms with E-state index in [2.05, 4.69) is 0 Å². The predicted molar refractivity (Wildman–Crippen MR) is 39.3 cm³/mol. The SMILES string of the molecule is CCCCP(C)(O)(O)O.[Zn]. The maximum absolute atomic E-state index is 8.86. The first-order chi connectivity index (χ1) is 3.81. The van der Waals surface area contributed by atoms with Gasteiger partial charge in [0.25, 0.3) is 0 Å². The molecule has 10 heavy (non-hydrogen) atoms. The molecule has 0 amide bonds. The molecule has 0 aliphatic rings. The van der Waals surface area contributed by atoms with Crippen molar-refractivity contribution < 1.29 is 34.2 Å². The Morgan fingerprint density at radius 1 is 1.20 bits per heavy atom. The average Bonchev–Trinajstić information content (AvgIpc) is 1.57. The minimum absolute atomic E-state index is 0. The normalized spacial score (nSPS) is 15.1. The molecule has 0 rings (SSSR count). The fourth-order valence-electron chi connectivity index (χ4n) is 0.528. The molecule has 0 bridgehead atoms. The summed E-state index contributed by atoms with van der Waals surface area (Å²) in [4.78, 5) is 26.6. The van der Waals surface area contributed by atoms with Gasteiger partial charge < -0.3 is 0 Å². The van der Waals surface area contributed by atoms with E-state index < -0.39 is 7.28 Å². The van der Waals surface area contributed by atoms with Crippen LogP contribution in [0.25, 0.3) is 0 Å². The van der Waals surface area contributed by atoms with Crippen LogP contribution in [-0.2, 0) is 19.5 Å². The fourth-order valence-corrected chi connectivity index (χ4v) is 1.59. The Labute approximate surface area is 74.4 Å². The molecule has 0 saturated heterocycles. The summed E-state index contributed by atoms with van der Waals surface area (Å²) < 4.78 is 0.